The maximum absolute atomic E-state index is 4.86. The van der Waals surface area contributed by atoms with E-state index in [4.69, 9.17) is 4.98 Å². The SMILES string of the molecule is CCn1c(C2CC3CCCCC3N2)nc2cccnc21. The lowest BCUT2D eigenvalue weighted by Gasteiger charge is -2.24. The van der Waals surface area contributed by atoms with Crippen LogP contribution in [0.1, 0.15) is 50.9 Å². The molecule has 2 aliphatic rings. The van der Waals surface area contributed by atoms with Crippen LogP contribution in [0.2, 0.25) is 0 Å². The Morgan fingerprint density at radius 3 is 3.10 bits per heavy atom. The zero-order valence-corrected chi connectivity index (χ0v) is 12.0. The molecule has 2 aromatic heterocycles. The molecule has 0 spiro atoms. The van der Waals surface area contributed by atoms with Gasteiger partial charge in [0, 0.05) is 18.8 Å². The topological polar surface area (TPSA) is 42.7 Å². The number of aromatic nitrogens is 3. The van der Waals surface area contributed by atoms with Crippen LogP contribution < -0.4 is 5.32 Å². The van der Waals surface area contributed by atoms with Gasteiger partial charge in [0.2, 0.25) is 0 Å². The van der Waals surface area contributed by atoms with Gasteiger partial charge in [0.15, 0.2) is 5.65 Å². The van der Waals surface area contributed by atoms with Crippen molar-refractivity contribution in [3.05, 3.63) is 24.2 Å². The molecule has 0 aromatic carbocycles. The second kappa shape index (κ2) is 4.85. The highest BCUT2D eigenvalue weighted by molar-refractivity contribution is 5.71. The highest BCUT2D eigenvalue weighted by Crippen LogP contribution is 2.39. The van der Waals surface area contributed by atoms with Gasteiger partial charge in [0.1, 0.15) is 11.3 Å². The predicted octanol–water partition coefficient (Wildman–Crippen LogP) is 3.04. The van der Waals surface area contributed by atoms with Gasteiger partial charge in [0.05, 0.1) is 6.04 Å². The average molecular weight is 270 g/mol. The first-order valence-electron chi connectivity index (χ1n) is 7.94. The number of imidazole rings is 1. The number of nitrogens with one attached hydrogen (secondary N) is 1. The van der Waals surface area contributed by atoms with Crippen molar-refractivity contribution >= 4 is 11.2 Å². The van der Waals surface area contributed by atoms with E-state index < -0.39 is 0 Å². The van der Waals surface area contributed by atoms with Crippen LogP contribution in [0, 0.1) is 5.92 Å². The van der Waals surface area contributed by atoms with Crippen molar-refractivity contribution in [2.75, 3.05) is 0 Å². The quantitative estimate of drug-likeness (QED) is 0.912. The monoisotopic (exact) mass is 270 g/mol. The maximum atomic E-state index is 4.86. The van der Waals surface area contributed by atoms with Crippen LogP contribution in [0.25, 0.3) is 11.2 Å². The molecule has 3 unspecified atom stereocenters. The van der Waals surface area contributed by atoms with Crippen LogP contribution in [0.3, 0.4) is 0 Å². The summed E-state index contributed by atoms with van der Waals surface area (Å²) in [6.45, 7) is 3.12. The Hall–Kier alpha value is -1.42. The maximum Gasteiger partial charge on any atom is 0.160 e. The number of aryl methyl sites for hydroxylation is 1. The molecule has 2 fully saturated rings. The Morgan fingerprint density at radius 2 is 2.25 bits per heavy atom. The summed E-state index contributed by atoms with van der Waals surface area (Å²) >= 11 is 0. The third kappa shape index (κ3) is 1.85. The van der Waals surface area contributed by atoms with Crippen LogP contribution in [0.5, 0.6) is 0 Å². The third-order valence-corrected chi connectivity index (χ3v) is 5.02. The molecule has 1 saturated carbocycles. The van der Waals surface area contributed by atoms with Gasteiger partial charge >= 0.3 is 0 Å². The van der Waals surface area contributed by atoms with Gasteiger partial charge < -0.3 is 9.88 Å². The molecule has 0 bridgehead atoms. The Balaban J connectivity index is 1.71. The Morgan fingerprint density at radius 1 is 1.35 bits per heavy atom. The van der Waals surface area contributed by atoms with E-state index in [1.807, 2.05) is 12.3 Å². The molecule has 0 radical (unpaired) electrons. The number of nitrogens with zero attached hydrogens (tertiary/aromatic N) is 3. The van der Waals surface area contributed by atoms with Gasteiger partial charge in [-0.1, -0.05) is 12.8 Å². The molecule has 1 N–H and O–H groups in total. The fourth-order valence-electron chi connectivity index (χ4n) is 4.07. The standard InChI is InChI=1S/C16H22N4/c1-2-20-15-13(8-5-9-17-15)19-16(20)14-10-11-6-3-4-7-12(11)18-14/h5,8-9,11-12,14,18H,2-4,6-7,10H2,1H3. The van der Waals surface area contributed by atoms with E-state index in [1.54, 1.807) is 0 Å². The second-order valence-corrected chi connectivity index (χ2v) is 6.17. The lowest BCUT2D eigenvalue weighted by Crippen LogP contribution is -2.31. The molecule has 20 heavy (non-hydrogen) atoms. The first-order chi connectivity index (χ1) is 9.86. The molecule has 3 heterocycles. The van der Waals surface area contributed by atoms with Gasteiger partial charge in [-0.15, -0.1) is 0 Å². The summed E-state index contributed by atoms with van der Waals surface area (Å²) in [7, 11) is 0. The van der Waals surface area contributed by atoms with Crippen molar-refractivity contribution in [3.63, 3.8) is 0 Å². The first kappa shape index (κ1) is 12.3. The van der Waals surface area contributed by atoms with Crippen molar-refractivity contribution in [3.8, 4) is 0 Å². The van der Waals surface area contributed by atoms with Gasteiger partial charge in [-0.25, -0.2) is 9.97 Å². The van der Waals surface area contributed by atoms with E-state index in [-0.39, 0.29) is 0 Å². The summed E-state index contributed by atoms with van der Waals surface area (Å²) in [6.07, 6.45) is 8.62. The second-order valence-electron chi connectivity index (χ2n) is 6.17. The molecule has 106 valence electrons. The molecule has 3 atom stereocenters. The molecule has 4 nitrogen and oxygen atoms in total. The van der Waals surface area contributed by atoms with Crippen LogP contribution >= 0.6 is 0 Å². The van der Waals surface area contributed by atoms with Crippen LogP contribution in [-0.2, 0) is 6.54 Å². The molecule has 1 aliphatic heterocycles. The Bertz CT molecular complexity index is 604. The van der Waals surface area contributed by atoms with E-state index in [1.165, 1.54) is 37.9 Å². The van der Waals surface area contributed by atoms with Crippen LogP contribution in [0.15, 0.2) is 18.3 Å². The fraction of sp³-hybridized carbons (Fsp3) is 0.625. The predicted molar refractivity (Wildman–Crippen MR) is 79.4 cm³/mol. The largest absolute Gasteiger partial charge is 0.312 e. The van der Waals surface area contributed by atoms with Gasteiger partial charge in [-0.2, -0.15) is 0 Å². The van der Waals surface area contributed by atoms with Crippen molar-refractivity contribution in [1.29, 1.82) is 0 Å². The molecule has 4 rings (SSSR count). The number of hydrogen-bond acceptors (Lipinski definition) is 3. The highest BCUT2D eigenvalue weighted by Gasteiger charge is 2.37. The molecular weight excluding hydrogens is 248 g/mol. The lowest BCUT2D eigenvalue weighted by atomic mass is 9.85. The highest BCUT2D eigenvalue weighted by atomic mass is 15.2. The number of fused-ring (bicyclic) bond motifs is 2. The summed E-state index contributed by atoms with van der Waals surface area (Å²) < 4.78 is 2.28. The first-order valence-corrected chi connectivity index (χ1v) is 7.94. The van der Waals surface area contributed by atoms with Gasteiger partial charge in [-0.3, -0.25) is 0 Å². The number of rotatable bonds is 2. The number of pyridine rings is 1. The van der Waals surface area contributed by atoms with E-state index in [0.717, 1.165) is 23.6 Å². The molecular formula is C16H22N4. The Kier molecular flexibility index (Phi) is 2.99. The lowest BCUT2D eigenvalue weighted by molar-refractivity contribution is 0.325. The molecule has 1 saturated heterocycles. The van der Waals surface area contributed by atoms with Crippen molar-refractivity contribution < 1.29 is 0 Å². The van der Waals surface area contributed by atoms with Gasteiger partial charge in [-0.05, 0) is 44.2 Å². The molecule has 4 heteroatoms. The molecule has 0 amide bonds. The van der Waals surface area contributed by atoms with E-state index >= 15 is 0 Å². The normalized spacial score (nSPS) is 29.8. The van der Waals surface area contributed by atoms with Crippen LogP contribution in [-0.4, -0.2) is 20.6 Å². The summed E-state index contributed by atoms with van der Waals surface area (Å²) in [5.74, 6) is 2.04. The summed E-state index contributed by atoms with van der Waals surface area (Å²) in [5.41, 5.74) is 2.06. The molecule has 1 aliphatic carbocycles. The smallest absolute Gasteiger partial charge is 0.160 e. The zero-order valence-electron chi connectivity index (χ0n) is 12.0. The Labute approximate surface area is 119 Å². The summed E-state index contributed by atoms with van der Waals surface area (Å²) in [5, 5.41) is 3.83. The average Bonchev–Trinajstić information content (AvgIpc) is 3.07. The number of hydrogen-bond donors (Lipinski definition) is 1. The minimum absolute atomic E-state index is 0.414. The van der Waals surface area contributed by atoms with Crippen molar-refractivity contribution in [1.82, 2.24) is 19.9 Å². The van der Waals surface area contributed by atoms with Crippen molar-refractivity contribution in [2.45, 2.75) is 57.7 Å². The fourth-order valence-corrected chi connectivity index (χ4v) is 4.07. The minimum Gasteiger partial charge on any atom is -0.312 e. The summed E-state index contributed by atoms with van der Waals surface area (Å²) in [6, 6.07) is 5.17. The van der Waals surface area contributed by atoms with E-state index in [2.05, 4.69) is 27.9 Å². The summed E-state index contributed by atoms with van der Waals surface area (Å²) in [4.78, 5) is 9.37. The minimum atomic E-state index is 0.414. The molecule has 2 aromatic rings. The van der Waals surface area contributed by atoms with E-state index in [9.17, 15) is 0 Å². The van der Waals surface area contributed by atoms with Crippen molar-refractivity contribution in [2.24, 2.45) is 5.92 Å². The zero-order chi connectivity index (χ0) is 13.5. The van der Waals surface area contributed by atoms with Gasteiger partial charge in [0.25, 0.3) is 0 Å². The van der Waals surface area contributed by atoms with Crippen LogP contribution in [0.4, 0.5) is 0 Å². The third-order valence-electron chi connectivity index (χ3n) is 5.02. The van der Waals surface area contributed by atoms with E-state index in [0.29, 0.717) is 12.1 Å².